The Balaban J connectivity index is 1.50. The van der Waals surface area contributed by atoms with E-state index in [4.69, 9.17) is 4.74 Å². The van der Waals surface area contributed by atoms with Gasteiger partial charge in [0.15, 0.2) is 5.82 Å². The summed E-state index contributed by atoms with van der Waals surface area (Å²) in [7, 11) is 0. The molecule has 2 saturated heterocycles. The summed E-state index contributed by atoms with van der Waals surface area (Å²) in [6.45, 7) is 3.54. The van der Waals surface area contributed by atoms with E-state index in [1.165, 1.54) is 0 Å². The number of alkyl carbamates (subject to hydrolysis) is 1. The highest BCUT2D eigenvalue weighted by molar-refractivity contribution is 5.95. The molecule has 0 aliphatic carbocycles. The van der Waals surface area contributed by atoms with Gasteiger partial charge < -0.3 is 15.0 Å². The molecule has 4 rings (SSSR count). The van der Waals surface area contributed by atoms with Crippen LogP contribution in [0, 0.1) is 6.92 Å². The lowest BCUT2D eigenvalue weighted by Crippen LogP contribution is -2.37. The third-order valence-corrected chi connectivity index (χ3v) is 5.29. The molecule has 2 aliphatic heterocycles. The van der Waals surface area contributed by atoms with E-state index in [2.05, 4.69) is 15.3 Å². The predicted octanol–water partition coefficient (Wildman–Crippen LogP) is 2.56. The zero-order valence-electron chi connectivity index (χ0n) is 15.3. The Hall–Kier alpha value is -2.96. The maximum Gasteiger partial charge on any atom is 0.407 e. The largest absolute Gasteiger partial charge is 0.441 e. The van der Waals surface area contributed by atoms with Gasteiger partial charge in [-0.3, -0.25) is 4.79 Å². The summed E-state index contributed by atoms with van der Waals surface area (Å²) in [6.07, 6.45) is 3.45. The lowest BCUT2D eigenvalue weighted by Gasteiger charge is -2.25. The van der Waals surface area contributed by atoms with Crippen molar-refractivity contribution in [3.05, 3.63) is 47.8 Å². The summed E-state index contributed by atoms with van der Waals surface area (Å²) in [6, 6.07) is 9.70. The minimum absolute atomic E-state index is 0.0681. The molecule has 1 N–H and O–H groups in total. The fourth-order valence-corrected chi connectivity index (χ4v) is 3.73. The van der Waals surface area contributed by atoms with E-state index >= 15 is 0 Å². The van der Waals surface area contributed by atoms with E-state index in [9.17, 15) is 9.59 Å². The minimum Gasteiger partial charge on any atom is -0.441 e. The second-order valence-corrected chi connectivity index (χ2v) is 7.13. The number of hydrogen-bond acceptors (Lipinski definition) is 5. The highest BCUT2D eigenvalue weighted by Gasteiger charge is 2.42. The Bertz CT molecular complexity index is 871. The highest BCUT2D eigenvalue weighted by atomic mass is 16.6. The van der Waals surface area contributed by atoms with Crippen LogP contribution in [0.25, 0.3) is 11.4 Å². The number of benzene rings is 1. The molecule has 0 bridgehead atoms. The Morgan fingerprint density at radius 1 is 1.22 bits per heavy atom. The van der Waals surface area contributed by atoms with Crippen LogP contribution in [0.4, 0.5) is 4.79 Å². The first-order valence-electron chi connectivity index (χ1n) is 9.22. The van der Waals surface area contributed by atoms with E-state index in [1.54, 1.807) is 6.20 Å². The van der Waals surface area contributed by atoms with E-state index < -0.39 is 5.60 Å². The van der Waals surface area contributed by atoms with Crippen molar-refractivity contribution in [2.75, 3.05) is 19.6 Å². The van der Waals surface area contributed by atoms with Crippen LogP contribution < -0.4 is 5.32 Å². The SMILES string of the molecule is Cc1nc(-c2ccccc2)ncc1C(=O)N1CCC[C@@]2(CC1)CNC(=O)O2. The number of nitrogens with zero attached hydrogens (tertiary/aromatic N) is 3. The maximum atomic E-state index is 13.0. The number of likely N-dealkylation sites (tertiary alicyclic amines) is 1. The summed E-state index contributed by atoms with van der Waals surface area (Å²) in [5.41, 5.74) is 1.63. The van der Waals surface area contributed by atoms with Crippen molar-refractivity contribution < 1.29 is 14.3 Å². The molecular weight excluding hydrogens is 344 g/mol. The monoisotopic (exact) mass is 366 g/mol. The Morgan fingerprint density at radius 3 is 2.74 bits per heavy atom. The van der Waals surface area contributed by atoms with Gasteiger partial charge in [0, 0.05) is 31.3 Å². The quantitative estimate of drug-likeness (QED) is 0.883. The molecule has 1 aromatic carbocycles. The second kappa shape index (κ2) is 6.98. The molecular formula is C20H22N4O3. The summed E-state index contributed by atoms with van der Waals surface area (Å²) in [5, 5.41) is 2.73. The van der Waals surface area contributed by atoms with Crippen molar-refractivity contribution in [1.29, 1.82) is 0 Å². The zero-order valence-corrected chi connectivity index (χ0v) is 15.3. The van der Waals surface area contributed by atoms with Crippen LogP contribution in [0.15, 0.2) is 36.5 Å². The number of aromatic nitrogens is 2. The Labute approximate surface area is 157 Å². The molecule has 2 aliphatic rings. The standard InChI is InChI=1S/C20H22N4O3/c1-14-16(12-21-17(23-14)15-6-3-2-4-7-15)18(25)24-10-5-8-20(9-11-24)13-22-19(26)27-20/h2-4,6-7,12H,5,8-11,13H2,1H3,(H,22,26)/t20-/m1/s1. The van der Waals surface area contributed by atoms with Crippen LogP contribution in [0.1, 0.15) is 35.3 Å². The van der Waals surface area contributed by atoms with E-state index in [1.807, 2.05) is 42.2 Å². The summed E-state index contributed by atoms with van der Waals surface area (Å²) in [4.78, 5) is 35.2. The Kier molecular flexibility index (Phi) is 4.51. The van der Waals surface area contributed by atoms with Gasteiger partial charge in [-0.1, -0.05) is 30.3 Å². The van der Waals surface area contributed by atoms with Crippen molar-refractivity contribution in [2.45, 2.75) is 31.8 Å². The van der Waals surface area contributed by atoms with Gasteiger partial charge in [0.05, 0.1) is 17.8 Å². The van der Waals surface area contributed by atoms with Gasteiger partial charge in [0.2, 0.25) is 0 Å². The summed E-state index contributed by atoms with van der Waals surface area (Å²) >= 11 is 0. The number of carbonyl (C=O) groups excluding carboxylic acids is 2. The lowest BCUT2D eigenvalue weighted by atomic mass is 9.95. The summed E-state index contributed by atoms with van der Waals surface area (Å²) < 4.78 is 5.48. The molecule has 140 valence electrons. The molecule has 2 aromatic rings. The topological polar surface area (TPSA) is 84.4 Å². The van der Waals surface area contributed by atoms with Gasteiger partial charge >= 0.3 is 6.09 Å². The first kappa shape index (κ1) is 17.5. The minimum atomic E-state index is -0.477. The fourth-order valence-electron chi connectivity index (χ4n) is 3.73. The molecule has 27 heavy (non-hydrogen) atoms. The number of ether oxygens (including phenoxy) is 1. The molecule has 7 nitrogen and oxygen atoms in total. The fraction of sp³-hybridized carbons (Fsp3) is 0.400. The van der Waals surface area contributed by atoms with E-state index in [-0.39, 0.29) is 12.0 Å². The zero-order chi connectivity index (χ0) is 18.9. The van der Waals surface area contributed by atoms with Gasteiger partial charge in [-0.15, -0.1) is 0 Å². The third kappa shape index (κ3) is 3.49. The van der Waals surface area contributed by atoms with Gasteiger partial charge in [-0.05, 0) is 19.8 Å². The smallest absolute Gasteiger partial charge is 0.407 e. The van der Waals surface area contributed by atoms with Crippen LogP contribution in [0.5, 0.6) is 0 Å². The number of nitrogens with one attached hydrogen (secondary N) is 1. The van der Waals surface area contributed by atoms with E-state index in [0.29, 0.717) is 43.1 Å². The second-order valence-electron chi connectivity index (χ2n) is 7.13. The molecule has 3 heterocycles. The van der Waals surface area contributed by atoms with Crippen molar-refractivity contribution >= 4 is 12.0 Å². The van der Waals surface area contributed by atoms with Gasteiger partial charge in [0.1, 0.15) is 5.60 Å². The molecule has 0 saturated carbocycles. The van der Waals surface area contributed by atoms with Crippen LogP contribution in [-0.4, -0.2) is 52.1 Å². The maximum absolute atomic E-state index is 13.0. The van der Waals surface area contributed by atoms with Gasteiger partial charge in [-0.25, -0.2) is 14.8 Å². The molecule has 0 unspecified atom stereocenters. The molecule has 0 radical (unpaired) electrons. The molecule has 7 heteroatoms. The molecule has 2 fully saturated rings. The first-order valence-corrected chi connectivity index (χ1v) is 9.22. The van der Waals surface area contributed by atoms with Crippen LogP contribution in [-0.2, 0) is 4.74 Å². The average Bonchev–Trinajstić information content (AvgIpc) is 2.92. The lowest BCUT2D eigenvalue weighted by molar-refractivity contribution is 0.0438. The van der Waals surface area contributed by atoms with Crippen molar-refractivity contribution in [2.24, 2.45) is 0 Å². The van der Waals surface area contributed by atoms with Crippen molar-refractivity contribution in [3.8, 4) is 11.4 Å². The normalized spacial score (nSPS) is 22.3. The third-order valence-electron chi connectivity index (χ3n) is 5.29. The van der Waals surface area contributed by atoms with Crippen LogP contribution >= 0.6 is 0 Å². The molecule has 1 aromatic heterocycles. The van der Waals surface area contributed by atoms with Gasteiger partial charge in [0.25, 0.3) is 5.91 Å². The van der Waals surface area contributed by atoms with Crippen LogP contribution in [0.3, 0.4) is 0 Å². The molecule has 1 atom stereocenters. The molecule has 1 spiro atoms. The highest BCUT2D eigenvalue weighted by Crippen LogP contribution is 2.30. The number of aryl methyl sites for hydroxylation is 1. The number of carbonyl (C=O) groups is 2. The first-order chi connectivity index (χ1) is 13.1. The van der Waals surface area contributed by atoms with Crippen molar-refractivity contribution in [3.63, 3.8) is 0 Å². The molecule has 2 amide bonds. The number of amides is 2. The number of rotatable bonds is 2. The number of hydrogen-bond donors (Lipinski definition) is 1. The summed E-state index contributed by atoms with van der Waals surface area (Å²) in [5.74, 6) is 0.546. The predicted molar refractivity (Wildman–Crippen MR) is 99.2 cm³/mol. The van der Waals surface area contributed by atoms with Gasteiger partial charge in [-0.2, -0.15) is 0 Å². The van der Waals surface area contributed by atoms with Crippen molar-refractivity contribution in [1.82, 2.24) is 20.2 Å². The van der Waals surface area contributed by atoms with E-state index in [0.717, 1.165) is 18.4 Å². The van der Waals surface area contributed by atoms with Crippen LogP contribution in [0.2, 0.25) is 0 Å². The Morgan fingerprint density at radius 2 is 2.04 bits per heavy atom. The average molecular weight is 366 g/mol.